The Bertz CT molecular complexity index is 351. The van der Waals surface area contributed by atoms with E-state index < -0.39 is 5.97 Å². The third-order valence-electron chi connectivity index (χ3n) is 1.48. The molecular formula is C8H6ClNO3. The van der Waals surface area contributed by atoms with E-state index in [1.165, 1.54) is 25.3 Å². The van der Waals surface area contributed by atoms with Gasteiger partial charge in [-0.1, -0.05) is 17.7 Å². The van der Waals surface area contributed by atoms with Crippen molar-refractivity contribution in [3.05, 3.63) is 33.7 Å². The van der Waals surface area contributed by atoms with Crippen molar-refractivity contribution in [2.45, 2.75) is 0 Å². The zero-order valence-corrected chi connectivity index (χ0v) is 7.54. The molecule has 1 rings (SSSR count). The van der Waals surface area contributed by atoms with Crippen molar-refractivity contribution >= 4 is 23.3 Å². The molecule has 0 unspecified atom stereocenters. The van der Waals surface area contributed by atoms with E-state index in [-0.39, 0.29) is 16.3 Å². The molecule has 1 aromatic rings. The third-order valence-corrected chi connectivity index (χ3v) is 1.88. The minimum absolute atomic E-state index is 0.0179. The number of benzene rings is 1. The Morgan fingerprint density at radius 2 is 2.23 bits per heavy atom. The highest BCUT2D eigenvalue weighted by molar-refractivity contribution is 6.35. The van der Waals surface area contributed by atoms with Crippen molar-refractivity contribution in [1.29, 1.82) is 0 Å². The van der Waals surface area contributed by atoms with Gasteiger partial charge in [-0.2, -0.15) is 0 Å². The molecule has 0 heterocycles. The number of nitrogens with zero attached hydrogens (tertiary/aromatic N) is 1. The molecule has 0 N–H and O–H groups in total. The Morgan fingerprint density at radius 1 is 1.54 bits per heavy atom. The molecule has 0 fully saturated rings. The van der Waals surface area contributed by atoms with Gasteiger partial charge in [0.25, 0.3) is 0 Å². The summed E-state index contributed by atoms with van der Waals surface area (Å²) in [6.45, 7) is 0. The van der Waals surface area contributed by atoms with Crippen LogP contribution in [0, 0.1) is 4.91 Å². The first kappa shape index (κ1) is 9.67. The lowest BCUT2D eigenvalue weighted by molar-refractivity contribution is 0.0601. The predicted octanol–water partition coefficient (Wildman–Crippen LogP) is 2.52. The standard InChI is InChI=1S/C8H6ClNO3/c1-13-8(11)5-3-2-4-6(10-12)7(5)9/h2-4H,1H3. The zero-order valence-electron chi connectivity index (χ0n) is 6.78. The Hall–Kier alpha value is -1.42. The molecule has 0 saturated carbocycles. The van der Waals surface area contributed by atoms with Crippen LogP contribution in [0.15, 0.2) is 23.4 Å². The smallest absolute Gasteiger partial charge is 0.339 e. The largest absolute Gasteiger partial charge is 0.465 e. The molecule has 1 aromatic carbocycles. The lowest BCUT2D eigenvalue weighted by Gasteiger charge is -2.01. The minimum Gasteiger partial charge on any atom is -0.465 e. The number of esters is 1. The lowest BCUT2D eigenvalue weighted by atomic mass is 10.2. The average Bonchev–Trinajstić information content (AvgIpc) is 2.17. The Balaban J connectivity index is 3.23. The maximum absolute atomic E-state index is 11.1. The van der Waals surface area contributed by atoms with Crippen LogP contribution in [0.5, 0.6) is 0 Å². The fraction of sp³-hybridized carbons (Fsp3) is 0.125. The van der Waals surface area contributed by atoms with Crippen LogP contribution in [-0.2, 0) is 4.74 Å². The highest BCUT2D eigenvalue weighted by Gasteiger charge is 2.13. The van der Waals surface area contributed by atoms with Crippen LogP contribution in [0.3, 0.4) is 0 Å². The first-order valence-electron chi connectivity index (χ1n) is 3.41. The number of ether oxygens (including phenoxy) is 1. The van der Waals surface area contributed by atoms with E-state index in [0.29, 0.717) is 0 Å². The number of carbonyl (C=O) groups excluding carboxylic acids is 1. The molecule has 0 aromatic heterocycles. The van der Waals surface area contributed by atoms with Crippen LogP contribution in [-0.4, -0.2) is 13.1 Å². The Morgan fingerprint density at radius 3 is 2.77 bits per heavy atom. The summed E-state index contributed by atoms with van der Waals surface area (Å²) in [4.78, 5) is 21.3. The third kappa shape index (κ3) is 1.84. The monoisotopic (exact) mass is 199 g/mol. The molecule has 68 valence electrons. The molecule has 0 amide bonds. The van der Waals surface area contributed by atoms with E-state index in [2.05, 4.69) is 9.91 Å². The molecule has 5 heteroatoms. The van der Waals surface area contributed by atoms with Crippen LogP contribution < -0.4 is 0 Å². The molecule has 0 aliphatic heterocycles. The fourth-order valence-electron chi connectivity index (χ4n) is 0.858. The van der Waals surface area contributed by atoms with Crippen LogP contribution in [0.25, 0.3) is 0 Å². The molecule has 4 nitrogen and oxygen atoms in total. The van der Waals surface area contributed by atoms with E-state index in [1.54, 1.807) is 0 Å². The SMILES string of the molecule is COC(=O)c1cccc(N=O)c1Cl. The molecule has 0 aliphatic carbocycles. The normalized spacial score (nSPS) is 9.38. The topological polar surface area (TPSA) is 55.7 Å². The van der Waals surface area contributed by atoms with E-state index >= 15 is 0 Å². The summed E-state index contributed by atoms with van der Waals surface area (Å²) in [6.07, 6.45) is 0. The second-order valence-corrected chi connectivity index (χ2v) is 2.60. The first-order chi connectivity index (χ1) is 6.20. The van der Waals surface area contributed by atoms with Crippen LogP contribution in [0.4, 0.5) is 5.69 Å². The van der Waals surface area contributed by atoms with Gasteiger partial charge in [-0.25, -0.2) is 4.79 Å². The predicted molar refractivity (Wildman–Crippen MR) is 48.2 cm³/mol. The summed E-state index contributed by atoms with van der Waals surface area (Å²) in [7, 11) is 1.24. The van der Waals surface area contributed by atoms with Gasteiger partial charge in [0, 0.05) is 0 Å². The molecule has 13 heavy (non-hydrogen) atoms. The van der Waals surface area contributed by atoms with E-state index in [9.17, 15) is 9.70 Å². The molecule has 0 bridgehead atoms. The number of hydrogen-bond donors (Lipinski definition) is 0. The van der Waals surface area contributed by atoms with Crippen molar-refractivity contribution in [2.75, 3.05) is 7.11 Å². The maximum Gasteiger partial charge on any atom is 0.339 e. The van der Waals surface area contributed by atoms with Gasteiger partial charge < -0.3 is 4.74 Å². The van der Waals surface area contributed by atoms with Crippen molar-refractivity contribution in [3.8, 4) is 0 Å². The number of halogens is 1. The summed E-state index contributed by atoms with van der Waals surface area (Å²) in [5.41, 5.74) is 0.172. The lowest BCUT2D eigenvalue weighted by Crippen LogP contribution is -2.01. The van der Waals surface area contributed by atoms with Crippen LogP contribution >= 0.6 is 11.6 Å². The maximum atomic E-state index is 11.1. The molecule has 0 atom stereocenters. The highest BCUT2D eigenvalue weighted by atomic mass is 35.5. The second-order valence-electron chi connectivity index (χ2n) is 2.22. The quantitative estimate of drug-likeness (QED) is 0.543. The van der Waals surface area contributed by atoms with Crippen molar-refractivity contribution in [3.63, 3.8) is 0 Å². The Labute approximate surface area is 79.4 Å². The number of methoxy groups -OCH3 is 1. The summed E-state index contributed by atoms with van der Waals surface area (Å²) in [5, 5.41) is 2.68. The zero-order chi connectivity index (χ0) is 9.84. The number of carbonyl (C=O) groups is 1. The van der Waals surface area contributed by atoms with Crippen LogP contribution in [0.1, 0.15) is 10.4 Å². The molecule has 0 aliphatic rings. The first-order valence-corrected chi connectivity index (χ1v) is 3.78. The fourth-order valence-corrected chi connectivity index (χ4v) is 1.10. The average molecular weight is 200 g/mol. The molecular weight excluding hydrogens is 194 g/mol. The summed E-state index contributed by atoms with van der Waals surface area (Å²) < 4.78 is 4.45. The van der Waals surface area contributed by atoms with Gasteiger partial charge in [-0.05, 0) is 17.3 Å². The molecule has 0 spiro atoms. The second kappa shape index (κ2) is 4.00. The van der Waals surface area contributed by atoms with Crippen molar-refractivity contribution in [2.24, 2.45) is 5.18 Å². The van der Waals surface area contributed by atoms with E-state index in [1.807, 2.05) is 0 Å². The van der Waals surface area contributed by atoms with Crippen molar-refractivity contribution in [1.82, 2.24) is 0 Å². The number of nitroso groups, excluding NO2 is 1. The van der Waals surface area contributed by atoms with Gasteiger partial charge in [-0.3, -0.25) is 0 Å². The van der Waals surface area contributed by atoms with E-state index in [4.69, 9.17) is 11.6 Å². The van der Waals surface area contributed by atoms with Gasteiger partial charge in [0.1, 0.15) is 5.69 Å². The van der Waals surface area contributed by atoms with E-state index in [0.717, 1.165) is 0 Å². The summed E-state index contributed by atoms with van der Waals surface area (Å²) in [5.74, 6) is -0.587. The summed E-state index contributed by atoms with van der Waals surface area (Å²) in [6, 6.07) is 4.39. The van der Waals surface area contributed by atoms with Gasteiger partial charge in [0.05, 0.1) is 17.7 Å². The summed E-state index contributed by atoms with van der Waals surface area (Å²) >= 11 is 5.69. The Kier molecular flexibility index (Phi) is 2.97. The minimum atomic E-state index is -0.587. The van der Waals surface area contributed by atoms with Gasteiger partial charge in [0.2, 0.25) is 0 Å². The molecule has 0 radical (unpaired) electrons. The van der Waals surface area contributed by atoms with Gasteiger partial charge in [0.15, 0.2) is 0 Å². The number of hydrogen-bond acceptors (Lipinski definition) is 4. The molecule has 0 saturated heterocycles. The van der Waals surface area contributed by atoms with Crippen LogP contribution in [0.2, 0.25) is 5.02 Å². The number of rotatable bonds is 2. The van der Waals surface area contributed by atoms with Gasteiger partial charge >= 0.3 is 5.97 Å². The van der Waals surface area contributed by atoms with Crippen molar-refractivity contribution < 1.29 is 9.53 Å². The van der Waals surface area contributed by atoms with Gasteiger partial charge in [-0.15, -0.1) is 4.91 Å². The highest BCUT2D eigenvalue weighted by Crippen LogP contribution is 2.28.